The van der Waals surface area contributed by atoms with E-state index in [0.29, 0.717) is 12.8 Å². The fourth-order valence-electron chi connectivity index (χ4n) is 8.35. The quantitative estimate of drug-likeness (QED) is 0.0310. The molecule has 1 amide bonds. The lowest BCUT2D eigenvalue weighted by molar-refractivity contribution is -0.132. The van der Waals surface area contributed by atoms with E-state index < -0.39 is 36.9 Å². The Bertz CT molecular complexity index is 837. The maximum atomic E-state index is 12.5. The molecule has 0 bridgehead atoms. The first kappa shape index (κ1) is 57.1. The molecule has 4 unspecified atom stereocenters. The third kappa shape index (κ3) is 40.5. The van der Waals surface area contributed by atoms with Gasteiger partial charge in [0.2, 0.25) is 5.91 Å². The molecule has 5 N–H and O–H groups in total. The predicted octanol–water partition coefficient (Wildman–Crippen LogP) is 14.5. The Balaban J connectivity index is 3.53. The van der Waals surface area contributed by atoms with Crippen molar-refractivity contribution in [2.24, 2.45) is 0 Å². The first-order chi connectivity index (χ1) is 28.5. The second-order valence-electron chi connectivity index (χ2n) is 18.2. The highest BCUT2D eigenvalue weighted by atomic mass is 16.3. The van der Waals surface area contributed by atoms with Crippen LogP contribution in [0.15, 0.2) is 12.2 Å². The highest BCUT2D eigenvalue weighted by Gasteiger charge is 2.28. The van der Waals surface area contributed by atoms with Crippen molar-refractivity contribution in [3.8, 4) is 0 Å². The van der Waals surface area contributed by atoms with Gasteiger partial charge >= 0.3 is 0 Å². The summed E-state index contributed by atoms with van der Waals surface area (Å²) in [4.78, 5) is 12.5. The van der Waals surface area contributed by atoms with Crippen LogP contribution in [0.2, 0.25) is 0 Å². The molecule has 0 fully saturated rings. The van der Waals surface area contributed by atoms with E-state index in [-0.39, 0.29) is 0 Å². The van der Waals surface area contributed by atoms with Crippen LogP contribution in [0, 0.1) is 0 Å². The molecule has 0 rings (SSSR count). The monoisotopic (exact) mass is 822 g/mol. The summed E-state index contributed by atoms with van der Waals surface area (Å²) in [6.07, 6.45) is 54.4. The molecule has 58 heavy (non-hydrogen) atoms. The van der Waals surface area contributed by atoms with Gasteiger partial charge in [0.15, 0.2) is 0 Å². The Labute approximate surface area is 362 Å². The van der Waals surface area contributed by atoms with Gasteiger partial charge in [-0.1, -0.05) is 257 Å². The van der Waals surface area contributed by atoms with E-state index >= 15 is 0 Å². The third-order valence-corrected chi connectivity index (χ3v) is 12.5. The van der Waals surface area contributed by atoms with Crippen LogP contribution < -0.4 is 5.32 Å². The Morgan fingerprint density at radius 3 is 1.03 bits per heavy atom. The summed E-state index contributed by atoms with van der Waals surface area (Å²) in [5.74, 6) is -0.589. The molecule has 0 aromatic rings. The van der Waals surface area contributed by atoms with Gasteiger partial charge in [0.1, 0.15) is 12.2 Å². The van der Waals surface area contributed by atoms with Crippen molar-refractivity contribution >= 4 is 5.91 Å². The lowest BCUT2D eigenvalue weighted by Crippen LogP contribution is -2.53. The molecule has 0 saturated carbocycles. The zero-order chi connectivity index (χ0) is 42.4. The minimum Gasteiger partial charge on any atom is -0.394 e. The van der Waals surface area contributed by atoms with Crippen LogP contribution in [0.5, 0.6) is 0 Å². The molecule has 0 aliphatic carbocycles. The number of allylic oxidation sites excluding steroid dienone is 2. The summed E-state index contributed by atoms with van der Waals surface area (Å²) in [6.45, 7) is 4.04. The molecular weight excluding hydrogens is 719 g/mol. The fraction of sp³-hybridized carbons (Fsp3) is 0.942. The van der Waals surface area contributed by atoms with Crippen molar-refractivity contribution in [2.75, 3.05) is 6.61 Å². The number of hydrogen-bond donors (Lipinski definition) is 5. The Morgan fingerprint density at radius 2 is 0.707 bits per heavy atom. The number of amides is 1. The molecule has 0 spiro atoms. The Morgan fingerprint density at radius 1 is 0.414 bits per heavy atom. The SMILES string of the molecule is CCCCCCCC/C=C/CCCC(O)C(O)C(CO)NC(=O)C(O)CCCCCCCCCCCCCCCCCCCCCCCCCCCCCCCCC. The number of hydrogen-bond acceptors (Lipinski definition) is 5. The molecule has 0 aliphatic heterocycles. The summed E-state index contributed by atoms with van der Waals surface area (Å²) >= 11 is 0. The van der Waals surface area contributed by atoms with Crippen LogP contribution in [0.4, 0.5) is 0 Å². The topological polar surface area (TPSA) is 110 Å². The first-order valence-electron chi connectivity index (χ1n) is 26.1. The van der Waals surface area contributed by atoms with E-state index in [2.05, 4.69) is 31.3 Å². The van der Waals surface area contributed by atoms with Gasteiger partial charge in [0, 0.05) is 0 Å². The number of carbonyl (C=O) groups is 1. The highest BCUT2D eigenvalue weighted by molar-refractivity contribution is 5.80. The van der Waals surface area contributed by atoms with Gasteiger partial charge in [0.25, 0.3) is 0 Å². The maximum absolute atomic E-state index is 12.5. The lowest BCUT2D eigenvalue weighted by atomic mass is 10.00. The normalized spacial score (nSPS) is 14.0. The zero-order valence-corrected chi connectivity index (χ0v) is 39.1. The molecule has 4 atom stereocenters. The molecule has 0 aliphatic rings. The molecule has 0 radical (unpaired) electrons. The van der Waals surface area contributed by atoms with Gasteiger partial charge in [-0.15, -0.1) is 0 Å². The molecule has 0 heterocycles. The molecule has 346 valence electrons. The number of carbonyl (C=O) groups excluding carboxylic acids is 1. The van der Waals surface area contributed by atoms with Crippen LogP contribution in [0.3, 0.4) is 0 Å². The fourth-order valence-corrected chi connectivity index (χ4v) is 8.35. The molecule has 0 aromatic heterocycles. The highest BCUT2D eigenvalue weighted by Crippen LogP contribution is 2.18. The van der Waals surface area contributed by atoms with Gasteiger partial charge in [0.05, 0.1) is 18.8 Å². The van der Waals surface area contributed by atoms with E-state index in [0.717, 1.165) is 38.5 Å². The van der Waals surface area contributed by atoms with Crippen molar-refractivity contribution in [3.05, 3.63) is 12.2 Å². The van der Waals surface area contributed by atoms with E-state index in [1.165, 1.54) is 218 Å². The van der Waals surface area contributed by atoms with Crippen LogP contribution in [-0.2, 0) is 4.79 Å². The minimum absolute atomic E-state index is 0.368. The summed E-state index contributed by atoms with van der Waals surface area (Å²) < 4.78 is 0. The second kappa shape index (κ2) is 47.1. The third-order valence-electron chi connectivity index (χ3n) is 12.5. The molecule has 0 saturated heterocycles. The minimum atomic E-state index is -1.28. The summed E-state index contributed by atoms with van der Waals surface area (Å²) in [7, 11) is 0. The average molecular weight is 822 g/mol. The molecule has 6 heteroatoms. The van der Waals surface area contributed by atoms with Crippen molar-refractivity contribution in [2.45, 2.75) is 308 Å². The van der Waals surface area contributed by atoms with Crippen LogP contribution in [0.1, 0.15) is 284 Å². The largest absolute Gasteiger partial charge is 0.394 e. The molecular formula is C52H103NO5. The number of aliphatic hydroxyl groups is 4. The smallest absolute Gasteiger partial charge is 0.249 e. The average Bonchev–Trinajstić information content (AvgIpc) is 3.23. The van der Waals surface area contributed by atoms with Gasteiger partial charge in [-0.25, -0.2) is 0 Å². The lowest BCUT2D eigenvalue weighted by Gasteiger charge is -2.27. The predicted molar refractivity (Wildman–Crippen MR) is 251 cm³/mol. The van der Waals surface area contributed by atoms with E-state index in [1.54, 1.807) is 0 Å². The van der Waals surface area contributed by atoms with E-state index in [9.17, 15) is 25.2 Å². The number of nitrogens with one attached hydrogen (secondary N) is 1. The van der Waals surface area contributed by atoms with Gasteiger partial charge in [-0.3, -0.25) is 4.79 Å². The van der Waals surface area contributed by atoms with Crippen molar-refractivity contribution in [1.29, 1.82) is 0 Å². The van der Waals surface area contributed by atoms with E-state index in [4.69, 9.17) is 0 Å². The number of rotatable bonds is 48. The number of aliphatic hydroxyl groups excluding tert-OH is 4. The van der Waals surface area contributed by atoms with Gasteiger partial charge < -0.3 is 25.7 Å². The standard InChI is InChI=1S/C52H103NO5/c1-3-5-7-9-11-13-15-16-17-18-19-20-21-22-23-24-25-26-27-28-29-30-31-32-33-34-36-38-40-42-44-46-50(56)52(58)53-48(47-54)51(57)49(55)45-43-41-39-37-35-14-12-10-8-6-4-2/h37,39,48-51,54-57H,3-36,38,40-47H2,1-2H3,(H,53,58)/b39-37+. The zero-order valence-electron chi connectivity index (χ0n) is 39.1. The van der Waals surface area contributed by atoms with E-state index in [1.807, 2.05) is 0 Å². The van der Waals surface area contributed by atoms with Crippen molar-refractivity contribution < 1.29 is 25.2 Å². The molecule has 0 aromatic carbocycles. The van der Waals surface area contributed by atoms with Crippen molar-refractivity contribution in [3.63, 3.8) is 0 Å². The van der Waals surface area contributed by atoms with Gasteiger partial charge in [-0.05, 0) is 38.5 Å². The van der Waals surface area contributed by atoms with Crippen LogP contribution in [-0.4, -0.2) is 57.3 Å². The Kier molecular flexibility index (Phi) is 46.3. The molecule has 6 nitrogen and oxygen atoms in total. The summed E-state index contributed by atoms with van der Waals surface area (Å²) in [5.41, 5.74) is 0. The first-order valence-corrected chi connectivity index (χ1v) is 26.1. The summed E-state index contributed by atoms with van der Waals surface area (Å²) in [5, 5.41) is 43.6. The maximum Gasteiger partial charge on any atom is 0.249 e. The van der Waals surface area contributed by atoms with Crippen LogP contribution in [0.25, 0.3) is 0 Å². The van der Waals surface area contributed by atoms with Crippen molar-refractivity contribution in [1.82, 2.24) is 5.32 Å². The second-order valence-corrected chi connectivity index (χ2v) is 18.2. The summed E-state index contributed by atoms with van der Waals surface area (Å²) in [6, 6.07) is -0.997. The number of unbranched alkanes of at least 4 members (excludes halogenated alkanes) is 37. The van der Waals surface area contributed by atoms with Crippen LogP contribution >= 0.6 is 0 Å². The Hall–Kier alpha value is -0.950. The van der Waals surface area contributed by atoms with Gasteiger partial charge in [-0.2, -0.15) is 0 Å².